The monoisotopic (exact) mass is 262 g/mol. The van der Waals surface area contributed by atoms with Crippen LogP contribution in [0.4, 0.5) is 0 Å². The van der Waals surface area contributed by atoms with E-state index in [4.69, 9.17) is 0 Å². The van der Waals surface area contributed by atoms with E-state index in [1.165, 1.54) is 0 Å². The average Bonchev–Trinajstić information content (AvgIpc) is 2.42. The van der Waals surface area contributed by atoms with Gasteiger partial charge in [-0.25, -0.2) is 0 Å². The summed E-state index contributed by atoms with van der Waals surface area (Å²) < 4.78 is 0. The predicted molar refractivity (Wildman–Crippen MR) is 73.4 cm³/mol. The molecular weight excluding hydrogens is 243 g/mol. The second-order valence-electron chi connectivity index (χ2n) is 4.80. The molecule has 19 heavy (non-hydrogen) atoms. The van der Waals surface area contributed by atoms with Crippen LogP contribution in [0.2, 0.25) is 6.82 Å². The minimum atomic E-state index is -0.615. The van der Waals surface area contributed by atoms with Crippen molar-refractivity contribution in [3.05, 3.63) is 35.9 Å². The number of carbonyl (C=O) groups excluding carboxylic acids is 1. The fourth-order valence-electron chi connectivity index (χ4n) is 2.41. The number of aliphatic hydroxyl groups is 1. The quantitative estimate of drug-likeness (QED) is 0.748. The van der Waals surface area contributed by atoms with E-state index in [0.717, 1.165) is 5.56 Å². The molecule has 0 saturated carbocycles. The summed E-state index contributed by atoms with van der Waals surface area (Å²) in [5.41, 5.74) is 0.934. The van der Waals surface area contributed by atoms with Crippen LogP contribution in [-0.2, 0) is 4.79 Å². The molecule has 1 aromatic rings. The van der Waals surface area contributed by atoms with Crippen LogP contribution in [0.1, 0.15) is 11.6 Å². The summed E-state index contributed by atoms with van der Waals surface area (Å²) in [5.74, 6) is -0.0601. The summed E-state index contributed by atoms with van der Waals surface area (Å²) in [5, 5.41) is 19.1. The summed E-state index contributed by atoms with van der Waals surface area (Å²) in [4.78, 5) is 15.6. The smallest absolute Gasteiger partial charge is 0.376 e. The maximum absolute atomic E-state index is 12.1. The molecule has 1 fully saturated rings. The molecule has 0 radical (unpaired) electrons. The molecule has 1 aromatic carbocycles. The Labute approximate surface area is 113 Å². The summed E-state index contributed by atoms with van der Waals surface area (Å²) in [6.45, 7) is 2.89. The molecule has 2 rings (SSSR count). The van der Waals surface area contributed by atoms with Gasteiger partial charge in [-0.1, -0.05) is 30.3 Å². The maximum Gasteiger partial charge on any atom is 0.376 e. The number of hydrogen-bond acceptors (Lipinski definition) is 4. The van der Waals surface area contributed by atoms with Gasteiger partial charge >= 0.3 is 7.05 Å². The van der Waals surface area contributed by atoms with Crippen LogP contribution in [0.3, 0.4) is 0 Å². The first kappa shape index (κ1) is 14.1. The van der Waals surface area contributed by atoms with E-state index in [9.17, 15) is 14.9 Å². The van der Waals surface area contributed by atoms with Gasteiger partial charge < -0.3 is 19.8 Å². The van der Waals surface area contributed by atoms with E-state index in [2.05, 4.69) is 0 Å². The standard InChI is InChI=1S/C13H19BN2O3/c1-14(19)15-7-8-16(13(18)9-15)12(10-17)11-5-3-2-4-6-11/h2-6,12,17,19H,7-10H2,1H3. The van der Waals surface area contributed by atoms with Crippen molar-refractivity contribution in [1.82, 2.24) is 9.71 Å². The van der Waals surface area contributed by atoms with Gasteiger partial charge in [0.25, 0.3) is 0 Å². The molecule has 6 heteroatoms. The number of hydrogen-bond donors (Lipinski definition) is 2. The number of aliphatic hydroxyl groups excluding tert-OH is 1. The lowest BCUT2D eigenvalue weighted by Crippen LogP contribution is -2.55. The molecule has 0 spiro atoms. The number of nitrogens with zero attached hydrogens (tertiary/aromatic N) is 2. The van der Waals surface area contributed by atoms with Crippen molar-refractivity contribution in [3.8, 4) is 0 Å². The van der Waals surface area contributed by atoms with Crippen LogP contribution < -0.4 is 0 Å². The molecule has 102 valence electrons. The highest BCUT2D eigenvalue weighted by molar-refractivity contribution is 6.45. The number of carbonyl (C=O) groups is 1. The molecule has 1 aliphatic rings. The van der Waals surface area contributed by atoms with Crippen molar-refractivity contribution in [2.45, 2.75) is 12.9 Å². The lowest BCUT2D eigenvalue weighted by Gasteiger charge is -2.39. The molecule has 1 heterocycles. The molecule has 1 atom stereocenters. The van der Waals surface area contributed by atoms with Gasteiger partial charge in [0.2, 0.25) is 5.91 Å². The highest BCUT2D eigenvalue weighted by atomic mass is 16.3. The molecule has 0 aromatic heterocycles. The minimum Gasteiger partial charge on any atom is -0.437 e. The maximum atomic E-state index is 12.1. The zero-order chi connectivity index (χ0) is 13.8. The Morgan fingerprint density at radius 3 is 2.53 bits per heavy atom. The molecule has 1 aliphatic heterocycles. The van der Waals surface area contributed by atoms with Crippen molar-refractivity contribution in [3.63, 3.8) is 0 Å². The first-order chi connectivity index (χ1) is 9.13. The Morgan fingerprint density at radius 2 is 2.00 bits per heavy atom. The lowest BCUT2D eigenvalue weighted by molar-refractivity contribution is -0.138. The van der Waals surface area contributed by atoms with Crippen LogP contribution in [0, 0.1) is 0 Å². The summed E-state index contributed by atoms with van der Waals surface area (Å²) in [6, 6.07) is 9.23. The van der Waals surface area contributed by atoms with Gasteiger partial charge in [0.1, 0.15) is 0 Å². The molecule has 5 nitrogen and oxygen atoms in total. The highest BCUT2D eigenvalue weighted by Crippen LogP contribution is 2.22. The summed E-state index contributed by atoms with van der Waals surface area (Å²) >= 11 is 0. The zero-order valence-electron chi connectivity index (χ0n) is 11.1. The topological polar surface area (TPSA) is 64.0 Å². The average molecular weight is 262 g/mol. The lowest BCUT2D eigenvalue weighted by atomic mass is 9.84. The number of rotatable bonds is 4. The van der Waals surface area contributed by atoms with Gasteiger partial charge in [0.15, 0.2) is 0 Å². The van der Waals surface area contributed by atoms with Crippen LogP contribution in [0.15, 0.2) is 30.3 Å². The Bertz CT molecular complexity index is 427. The third-order valence-corrected chi connectivity index (χ3v) is 3.55. The van der Waals surface area contributed by atoms with Gasteiger partial charge in [-0.2, -0.15) is 0 Å². The molecule has 0 aliphatic carbocycles. The van der Waals surface area contributed by atoms with Crippen LogP contribution in [0.5, 0.6) is 0 Å². The Hall–Kier alpha value is -1.37. The molecule has 1 amide bonds. The molecular formula is C13H19BN2O3. The van der Waals surface area contributed by atoms with Gasteiger partial charge in [-0.15, -0.1) is 0 Å². The van der Waals surface area contributed by atoms with Crippen LogP contribution in [-0.4, -0.2) is 59.0 Å². The van der Waals surface area contributed by atoms with E-state index in [1.54, 1.807) is 16.5 Å². The first-order valence-corrected chi connectivity index (χ1v) is 6.51. The number of benzene rings is 1. The summed E-state index contributed by atoms with van der Waals surface area (Å²) in [6.07, 6.45) is 0. The molecule has 1 saturated heterocycles. The zero-order valence-corrected chi connectivity index (χ0v) is 11.1. The van der Waals surface area contributed by atoms with E-state index < -0.39 is 7.05 Å². The van der Waals surface area contributed by atoms with E-state index >= 15 is 0 Å². The van der Waals surface area contributed by atoms with Crippen molar-refractivity contribution < 1.29 is 14.9 Å². The van der Waals surface area contributed by atoms with Crippen LogP contribution >= 0.6 is 0 Å². The van der Waals surface area contributed by atoms with Gasteiger partial charge in [0, 0.05) is 13.1 Å². The second kappa shape index (κ2) is 6.19. The molecule has 2 N–H and O–H groups in total. The molecule has 0 bridgehead atoms. The minimum absolute atomic E-state index is 0.0601. The largest absolute Gasteiger partial charge is 0.437 e. The Kier molecular flexibility index (Phi) is 4.58. The second-order valence-corrected chi connectivity index (χ2v) is 4.80. The summed E-state index contributed by atoms with van der Waals surface area (Å²) in [7, 11) is -0.615. The van der Waals surface area contributed by atoms with Crippen LogP contribution in [0.25, 0.3) is 0 Å². The number of piperazine rings is 1. The third kappa shape index (κ3) is 3.15. The Morgan fingerprint density at radius 1 is 1.32 bits per heavy atom. The number of amides is 1. The van der Waals surface area contributed by atoms with E-state index in [0.29, 0.717) is 13.1 Å². The third-order valence-electron chi connectivity index (χ3n) is 3.55. The van der Waals surface area contributed by atoms with Crippen molar-refractivity contribution in [2.24, 2.45) is 0 Å². The fraction of sp³-hybridized carbons (Fsp3) is 0.462. The van der Waals surface area contributed by atoms with Crippen molar-refractivity contribution in [2.75, 3.05) is 26.2 Å². The van der Waals surface area contributed by atoms with Gasteiger partial charge in [-0.3, -0.25) is 4.79 Å². The predicted octanol–water partition coefficient (Wildman–Crippen LogP) is -0.0255. The van der Waals surface area contributed by atoms with E-state index in [1.807, 2.05) is 30.3 Å². The highest BCUT2D eigenvalue weighted by Gasteiger charge is 2.32. The molecule has 1 unspecified atom stereocenters. The normalized spacial score (nSPS) is 18.5. The van der Waals surface area contributed by atoms with Gasteiger partial charge in [0.05, 0.1) is 19.2 Å². The first-order valence-electron chi connectivity index (χ1n) is 6.51. The van der Waals surface area contributed by atoms with Crippen molar-refractivity contribution in [1.29, 1.82) is 0 Å². The van der Waals surface area contributed by atoms with Gasteiger partial charge in [-0.05, 0) is 12.4 Å². The Balaban J connectivity index is 2.11. The van der Waals surface area contributed by atoms with E-state index in [-0.39, 0.29) is 25.1 Å². The van der Waals surface area contributed by atoms with Crippen molar-refractivity contribution >= 4 is 13.0 Å². The fourth-order valence-corrected chi connectivity index (χ4v) is 2.41. The SMILES string of the molecule is CB(O)N1CCN(C(CO)c2ccccc2)C(=O)C1.